The summed E-state index contributed by atoms with van der Waals surface area (Å²) in [6.07, 6.45) is 8.47. The van der Waals surface area contributed by atoms with E-state index in [0.29, 0.717) is 6.61 Å². The highest BCUT2D eigenvalue weighted by atomic mass is 16.6. The molecule has 0 saturated carbocycles. The molecule has 2 aromatic carbocycles. The number of amides is 1. The van der Waals surface area contributed by atoms with Gasteiger partial charge in [-0.05, 0) is 73.3 Å². The van der Waals surface area contributed by atoms with Crippen molar-refractivity contribution in [3.05, 3.63) is 76.4 Å². The molecule has 2 unspecified atom stereocenters. The molecule has 0 spiro atoms. The fourth-order valence-corrected chi connectivity index (χ4v) is 5.21. The highest BCUT2D eigenvalue weighted by molar-refractivity contribution is 5.77. The van der Waals surface area contributed by atoms with Crippen molar-refractivity contribution < 1.29 is 9.53 Å². The summed E-state index contributed by atoms with van der Waals surface area (Å²) in [5, 5.41) is 0. The SMILES string of the molecule is CCc1cc(C)cc(CC)c1C1=CC2CCCC(C1)N2C(=O)OCc1ccccc1. The van der Waals surface area contributed by atoms with E-state index >= 15 is 0 Å². The third-order valence-electron chi connectivity index (χ3n) is 6.58. The largest absolute Gasteiger partial charge is 0.445 e. The molecule has 0 N–H and O–H groups in total. The zero-order chi connectivity index (χ0) is 21.1. The first kappa shape index (κ1) is 20.7. The molecule has 4 rings (SSSR count). The summed E-state index contributed by atoms with van der Waals surface area (Å²) >= 11 is 0. The number of aryl methyl sites for hydroxylation is 3. The van der Waals surface area contributed by atoms with Crippen LogP contribution < -0.4 is 0 Å². The molecular weight excluding hydrogens is 370 g/mol. The Morgan fingerprint density at radius 2 is 1.77 bits per heavy atom. The van der Waals surface area contributed by atoms with Gasteiger partial charge in [-0.1, -0.05) is 68.0 Å². The number of nitrogens with zero attached hydrogens (tertiary/aromatic N) is 1. The fraction of sp³-hybridized carbons (Fsp3) is 0.444. The first-order valence-corrected chi connectivity index (χ1v) is 11.4. The van der Waals surface area contributed by atoms with Crippen molar-refractivity contribution in [1.82, 2.24) is 4.90 Å². The zero-order valence-corrected chi connectivity index (χ0v) is 18.5. The minimum absolute atomic E-state index is 0.145. The second kappa shape index (κ2) is 9.07. The van der Waals surface area contributed by atoms with E-state index in [1.807, 2.05) is 35.2 Å². The molecule has 2 bridgehead atoms. The number of piperidine rings is 1. The fourth-order valence-electron chi connectivity index (χ4n) is 5.21. The smallest absolute Gasteiger partial charge is 0.410 e. The van der Waals surface area contributed by atoms with Crippen LogP contribution in [0.25, 0.3) is 5.57 Å². The summed E-state index contributed by atoms with van der Waals surface area (Å²) in [6, 6.07) is 15.0. The van der Waals surface area contributed by atoms with E-state index in [2.05, 4.69) is 39.0 Å². The summed E-state index contributed by atoms with van der Waals surface area (Å²) in [6.45, 7) is 7.02. The van der Waals surface area contributed by atoms with Gasteiger partial charge in [0.1, 0.15) is 6.61 Å². The predicted octanol–water partition coefficient (Wildman–Crippen LogP) is 6.47. The quantitative estimate of drug-likeness (QED) is 0.573. The molecule has 0 radical (unpaired) electrons. The van der Waals surface area contributed by atoms with Gasteiger partial charge in [-0.15, -0.1) is 0 Å². The Labute approximate surface area is 180 Å². The van der Waals surface area contributed by atoms with Crippen LogP contribution >= 0.6 is 0 Å². The first-order chi connectivity index (χ1) is 14.6. The van der Waals surface area contributed by atoms with Crippen LogP contribution in [0.2, 0.25) is 0 Å². The van der Waals surface area contributed by atoms with E-state index in [1.54, 1.807) is 0 Å². The lowest BCUT2D eigenvalue weighted by Gasteiger charge is -2.44. The number of hydrogen-bond acceptors (Lipinski definition) is 2. The maximum Gasteiger partial charge on any atom is 0.410 e. The Morgan fingerprint density at radius 1 is 1.07 bits per heavy atom. The predicted molar refractivity (Wildman–Crippen MR) is 122 cm³/mol. The molecule has 2 aliphatic heterocycles. The Balaban J connectivity index is 1.59. The minimum Gasteiger partial charge on any atom is -0.445 e. The summed E-state index contributed by atoms with van der Waals surface area (Å²) in [4.78, 5) is 15.0. The van der Waals surface area contributed by atoms with Gasteiger partial charge in [0.25, 0.3) is 0 Å². The van der Waals surface area contributed by atoms with E-state index in [1.165, 1.54) is 34.2 Å². The second-order valence-corrected chi connectivity index (χ2v) is 8.66. The first-order valence-electron chi connectivity index (χ1n) is 11.4. The van der Waals surface area contributed by atoms with E-state index in [4.69, 9.17) is 4.74 Å². The van der Waals surface area contributed by atoms with Crippen LogP contribution in [0.1, 0.15) is 67.3 Å². The molecule has 30 heavy (non-hydrogen) atoms. The van der Waals surface area contributed by atoms with E-state index in [-0.39, 0.29) is 18.2 Å². The number of carbonyl (C=O) groups excluding carboxylic acids is 1. The van der Waals surface area contributed by atoms with E-state index in [0.717, 1.165) is 37.7 Å². The van der Waals surface area contributed by atoms with Crippen molar-refractivity contribution in [1.29, 1.82) is 0 Å². The van der Waals surface area contributed by atoms with Crippen LogP contribution in [-0.2, 0) is 24.2 Å². The van der Waals surface area contributed by atoms with Gasteiger partial charge in [0.2, 0.25) is 0 Å². The molecule has 1 fully saturated rings. The summed E-state index contributed by atoms with van der Waals surface area (Å²) in [7, 11) is 0. The lowest BCUT2D eigenvalue weighted by Crippen LogP contribution is -2.51. The number of ether oxygens (including phenoxy) is 1. The van der Waals surface area contributed by atoms with Gasteiger partial charge in [0.15, 0.2) is 0 Å². The summed E-state index contributed by atoms with van der Waals surface area (Å²) in [5.74, 6) is 0. The number of carbonyl (C=O) groups is 1. The van der Waals surface area contributed by atoms with E-state index < -0.39 is 0 Å². The van der Waals surface area contributed by atoms with Crippen LogP contribution in [0.3, 0.4) is 0 Å². The van der Waals surface area contributed by atoms with Crippen molar-refractivity contribution in [2.45, 2.75) is 78.0 Å². The topological polar surface area (TPSA) is 29.5 Å². The second-order valence-electron chi connectivity index (χ2n) is 8.66. The number of fused-ring (bicyclic) bond motifs is 2. The molecule has 3 nitrogen and oxygen atoms in total. The molecule has 0 aromatic heterocycles. The van der Waals surface area contributed by atoms with Gasteiger partial charge in [0.05, 0.1) is 6.04 Å². The average molecular weight is 404 g/mol. The standard InChI is InChI=1S/C27H33NO2/c1-4-21-14-19(3)15-22(5-2)26(21)23-16-24-12-9-13-25(17-23)28(24)27(29)30-18-20-10-7-6-8-11-20/h6-8,10-11,14-16,24-25H,4-5,9,12-13,17-18H2,1-3H3. The van der Waals surface area contributed by atoms with Gasteiger partial charge in [-0.2, -0.15) is 0 Å². The van der Waals surface area contributed by atoms with Gasteiger partial charge in [-0.25, -0.2) is 4.79 Å². The van der Waals surface area contributed by atoms with Crippen LogP contribution in [0.15, 0.2) is 48.5 Å². The van der Waals surface area contributed by atoms with Gasteiger partial charge < -0.3 is 4.74 Å². The Bertz CT molecular complexity index is 906. The summed E-state index contributed by atoms with van der Waals surface area (Å²) in [5.41, 5.74) is 8.14. The number of benzene rings is 2. The molecule has 2 aromatic rings. The maximum absolute atomic E-state index is 13.0. The number of hydrogen-bond donors (Lipinski definition) is 0. The van der Waals surface area contributed by atoms with Gasteiger partial charge in [0, 0.05) is 6.04 Å². The molecule has 0 aliphatic carbocycles. The lowest BCUT2D eigenvalue weighted by molar-refractivity contribution is 0.0510. The van der Waals surface area contributed by atoms with Crippen molar-refractivity contribution in [3.8, 4) is 0 Å². The molecule has 1 saturated heterocycles. The van der Waals surface area contributed by atoms with Crippen molar-refractivity contribution in [2.24, 2.45) is 0 Å². The highest BCUT2D eigenvalue weighted by Gasteiger charge is 2.38. The molecule has 158 valence electrons. The summed E-state index contributed by atoms with van der Waals surface area (Å²) < 4.78 is 5.71. The molecule has 2 heterocycles. The Kier molecular flexibility index (Phi) is 6.26. The Hall–Kier alpha value is -2.55. The van der Waals surface area contributed by atoms with Crippen molar-refractivity contribution in [2.75, 3.05) is 0 Å². The molecule has 2 aliphatic rings. The maximum atomic E-state index is 13.0. The third kappa shape index (κ3) is 4.16. The van der Waals surface area contributed by atoms with Crippen LogP contribution in [0.4, 0.5) is 4.79 Å². The Morgan fingerprint density at radius 3 is 2.40 bits per heavy atom. The van der Waals surface area contributed by atoms with E-state index in [9.17, 15) is 4.79 Å². The van der Waals surface area contributed by atoms with Crippen LogP contribution in [0.5, 0.6) is 0 Å². The van der Waals surface area contributed by atoms with Crippen LogP contribution in [-0.4, -0.2) is 23.1 Å². The lowest BCUT2D eigenvalue weighted by atomic mass is 9.79. The zero-order valence-electron chi connectivity index (χ0n) is 18.5. The van der Waals surface area contributed by atoms with Crippen LogP contribution in [0, 0.1) is 6.92 Å². The third-order valence-corrected chi connectivity index (χ3v) is 6.58. The normalized spacial score (nSPS) is 20.6. The molecular formula is C27H33NO2. The minimum atomic E-state index is -0.167. The monoisotopic (exact) mass is 403 g/mol. The number of rotatable bonds is 5. The van der Waals surface area contributed by atoms with Gasteiger partial charge >= 0.3 is 6.09 Å². The molecule has 2 atom stereocenters. The highest BCUT2D eigenvalue weighted by Crippen LogP contribution is 2.40. The molecule has 3 heteroatoms. The van der Waals surface area contributed by atoms with Gasteiger partial charge in [-0.3, -0.25) is 4.90 Å². The van der Waals surface area contributed by atoms with Crippen molar-refractivity contribution in [3.63, 3.8) is 0 Å². The van der Waals surface area contributed by atoms with Crippen molar-refractivity contribution >= 4 is 11.7 Å². The molecule has 1 amide bonds. The average Bonchev–Trinajstić information content (AvgIpc) is 2.76.